The lowest BCUT2D eigenvalue weighted by Gasteiger charge is -2.11. The Balaban J connectivity index is 2.25. The molecule has 0 saturated heterocycles. The third-order valence-electron chi connectivity index (χ3n) is 2.85. The van der Waals surface area contributed by atoms with E-state index < -0.39 is 5.91 Å². The molecule has 0 radical (unpaired) electrons. The third-order valence-corrected chi connectivity index (χ3v) is 2.85. The van der Waals surface area contributed by atoms with Crippen molar-refractivity contribution in [1.29, 1.82) is 0 Å². The minimum Gasteiger partial charge on any atom is -0.365 e. The van der Waals surface area contributed by atoms with Crippen molar-refractivity contribution in [3.63, 3.8) is 0 Å². The quantitative estimate of drug-likeness (QED) is 0.595. The summed E-state index contributed by atoms with van der Waals surface area (Å²) in [4.78, 5) is 30.7. The molecule has 2 amide bonds. The van der Waals surface area contributed by atoms with Crippen molar-refractivity contribution >= 4 is 35.0 Å². The molecule has 0 atom stereocenters. The van der Waals surface area contributed by atoms with E-state index in [1.165, 1.54) is 13.1 Å². The molecule has 1 aromatic carbocycles. The molecule has 1 heterocycles. The smallest absolute Gasteiger partial charge is 0.254 e. The lowest BCUT2D eigenvalue weighted by Crippen LogP contribution is -2.17. The summed E-state index contributed by atoms with van der Waals surface area (Å²) < 4.78 is 0. The van der Waals surface area contributed by atoms with Crippen molar-refractivity contribution in [2.75, 3.05) is 22.5 Å². The monoisotopic (exact) mass is 324 g/mol. The fourth-order valence-electron chi connectivity index (χ4n) is 1.90. The van der Waals surface area contributed by atoms with Crippen LogP contribution in [0.4, 0.5) is 23.1 Å². The Labute approximate surface area is 138 Å². The predicted octanol–water partition coefficient (Wildman–Crippen LogP) is 1.32. The topological polar surface area (TPSA) is 122 Å². The van der Waals surface area contributed by atoms with E-state index in [0.717, 1.165) is 0 Å². The SMILES string of the molecule is C#CCNc1nc(Nc2cccc(NC(C)=O)c2)ncc1C(N)=O. The third kappa shape index (κ3) is 4.45. The summed E-state index contributed by atoms with van der Waals surface area (Å²) in [6.45, 7) is 1.62. The highest BCUT2D eigenvalue weighted by atomic mass is 16.1. The zero-order chi connectivity index (χ0) is 17.5. The first-order valence-corrected chi connectivity index (χ1v) is 6.98. The van der Waals surface area contributed by atoms with E-state index in [0.29, 0.717) is 11.4 Å². The van der Waals surface area contributed by atoms with Crippen molar-refractivity contribution in [3.8, 4) is 12.3 Å². The molecule has 2 aromatic rings. The Morgan fingerprint density at radius 2 is 2.08 bits per heavy atom. The number of aromatic nitrogens is 2. The number of nitrogens with two attached hydrogens (primary N) is 1. The maximum absolute atomic E-state index is 11.4. The van der Waals surface area contributed by atoms with E-state index in [1.54, 1.807) is 24.3 Å². The first-order valence-electron chi connectivity index (χ1n) is 6.98. The number of terminal acetylenes is 1. The molecule has 0 bridgehead atoms. The second-order valence-electron chi connectivity index (χ2n) is 4.76. The van der Waals surface area contributed by atoms with Crippen LogP contribution >= 0.6 is 0 Å². The number of hydrogen-bond acceptors (Lipinski definition) is 6. The van der Waals surface area contributed by atoms with Crippen LogP contribution in [-0.2, 0) is 4.79 Å². The molecule has 2 rings (SSSR count). The van der Waals surface area contributed by atoms with Crippen molar-refractivity contribution in [3.05, 3.63) is 36.0 Å². The molecular formula is C16H16N6O2. The van der Waals surface area contributed by atoms with Gasteiger partial charge < -0.3 is 21.7 Å². The Morgan fingerprint density at radius 1 is 1.33 bits per heavy atom. The zero-order valence-electron chi connectivity index (χ0n) is 13.0. The van der Waals surface area contributed by atoms with Crippen molar-refractivity contribution in [2.24, 2.45) is 5.73 Å². The van der Waals surface area contributed by atoms with Crippen LogP contribution < -0.4 is 21.7 Å². The number of anilines is 4. The Hall–Kier alpha value is -3.60. The summed E-state index contributed by atoms with van der Waals surface area (Å²) in [5.74, 6) is 2.06. The van der Waals surface area contributed by atoms with Gasteiger partial charge in [-0.25, -0.2) is 4.98 Å². The molecule has 122 valence electrons. The Morgan fingerprint density at radius 3 is 2.75 bits per heavy atom. The molecule has 1 aromatic heterocycles. The highest BCUT2D eigenvalue weighted by Gasteiger charge is 2.12. The number of nitrogens with zero attached hydrogens (tertiary/aromatic N) is 2. The number of rotatable bonds is 6. The normalized spacial score (nSPS) is 9.67. The number of benzene rings is 1. The fourth-order valence-corrected chi connectivity index (χ4v) is 1.90. The molecule has 0 spiro atoms. The maximum atomic E-state index is 11.4. The van der Waals surface area contributed by atoms with Crippen LogP contribution in [0.1, 0.15) is 17.3 Å². The van der Waals surface area contributed by atoms with Gasteiger partial charge in [0.25, 0.3) is 5.91 Å². The van der Waals surface area contributed by atoms with Gasteiger partial charge in [0, 0.05) is 24.5 Å². The van der Waals surface area contributed by atoms with Crippen LogP contribution in [0.3, 0.4) is 0 Å². The van der Waals surface area contributed by atoms with Gasteiger partial charge in [-0.05, 0) is 18.2 Å². The van der Waals surface area contributed by atoms with Gasteiger partial charge in [0.2, 0.25) is 11.9 Å². The van der Waals surface area contributed by atoms with E-state index in [1.807, 2.05) is 0 Å². The lowest BCUT2D eigenvalue weighted by atomic mass is 10.2. The average Bonchev–Trinajstić information content (AvgIpc) is 2.52. The van der Waals surface area contributed by atoms with Crippen LogP contribution in [0.5, 0.6) is 0 Å². The van der Waals surface area contributed by atoms with E-state index in [-0.39, 0.29) is 29.8 Å². The predicted molar refractivity (Wildman–Crippen MR) is 91.9 cm³/mol. The minimum absolute atomic E-state index is 0.141. The lowest BCUT2D eigenvalue weighted by molar-refractivity contribution is -0.114. The molecule has 8 heteroatoms. The number of amides is 2. The molecule has 0 aliphatic heterocycles. The largest absolute Gasteiger partial charge is 0.365 e. The molecule has 0 unspecified atom stereocenters. The summed E-state index contributed by atoms with van der Waals surface area (Å²) in [7, 11) is 0. The first-order chi connectivity index (χ1) is 11.5. The van der Waals surface area contributed by atoms with Gasteiger partial charge in [-0.2, -0.15) is 4.98 Å². The van der Waals surface area contributed by atoms with E-state index in [2.05, 4.69) is 31.8 Å². The fraction of sp³-hybridized carbons (Fsp3) is 0.125. The van der Waals surface area contributed by atoms with Crippen molar-refractivity contribution < 1.29 is 9.59 Å². The first kappa shape index (κ1) is 16.8. The van der Waals surface area contributed by atoms with Crippen LogP contribution in [0.2, 0.25) is 0 Å². The second-order valence-corrected chi connectivity index (χ2v) is 4.76. The second kappa shape index (κ2) is 7.60. The van der Waals surface area contributed by atoms with Gasteiger partial charge in [0.1, 0.15) is 5.82 Å². The molecule has 0 aliphatic rings. The van der Waals surface area contributed by atoms with Gasteiger partial charge in [-0.3, -0.25) is 9.59 Å². The minimum atomic E-state index is -0.659. The average molecular weight is 324 g/mol. The van der Waals surface area contributed by atoms with Crippen LogP contribution in [-0.4, -0.2) is 28.3 Å². The Kier molecular flexibility index (Phi) is 5.31. The van der Waals surface area contributed by atoms with Crippen LogP contribution in [0, 0.1) is 12.3 Å². The van der Waals surface area contributed by atoms with Gasteiger partial charge in [-0.1, -0.05) is 12.0 Å². The Bertz CT molecular complexity index is 812. The summed E-state index contributed by atoms with van der Waals surface area (Å²) >= 11 is 0. The van der Waals surface area contributed by atoms with Crippen LogP contribution in [0.15, 0.2) is 30.5 Å². The zero-order valence-corrected chi connectivity index (χ0v) is 13.0. The van der Waals surface area contributed by atoms with Crippen molar-refractivity contribution in [1.82, 2.24) is 9.97 Å². The highest BCUT2D eigenvalue weighted by Crippen LogP contribution is 2.20. The molecule has 5 N–H and O–H groups in total. The van der Waals surface area contributed by atoms with E-state index in [9.17, 15) is 9.59 Å². The number of nitrogens with one attached hydrogen (secondary N) is 3. The standard InChI is InChI=1S/C16H16N6O2/c1-3-7-18-15-13(14(17)24)9-19-16(22-15)21-12-6-4-5-11(8-12)20-10(2)23/h1,4-6,8-9H,7H2,2H3,(H2,17,24)(H,20,23)(H2,18,19,21,22). The molecule has 0 saturated carbocycles. The molecule has 0 aliphatic carbocycles. The molecular weight excluding hydrogens is 308 g/mol. The molecule has 0 fully saturated rings. The number of carbonyl (C=O) groups excluding carboxylic acids is 2. The molecule has 24 heavy (non-hydrogen) atoms. The van der Waals surface area contributed by atoms with E-state index in [4.69, 9.17) is 12.2 Å². The number of carbonyl (C=O) groups is 2. The van der Waals surface area contributed by atoms with Gasteiger partial charge >= 0.3 is 0 Å². The van der Waals surface area contributed by atoms with Gasteiger partial charge in [0.05, 0.1) is 12.1 Å². The van der Waals surface area contributed by atoms with Gasteiger partial charge in [0.15, 0.2) is 0 Å². The summed E-state index contributed by atoms with van der Waals surface area (Å²) in [6, 6.07) is 7.03. The highest BCUT2D eigenvalue weighted by molar-refractivity contribution is 5.97. The summed E-state index contributed by atoms with van der Waals surface area (Å²) in [5, 5.41) is 8.48. The summed E-state index contributed by atoms with van der Waals surface area (Å²) in [5.41, 5.74) is 6.72. The maximum Gasteiger partial charge on any atom is 0.254 e. The molecule has 8 nitrogen and oxygen atoms in total. The number of primary amides is 1. The van der Waals surface area contributed by atoms with E-state index >= 15 is 0 Å². The number of hydrogen-bond donors (Lipinski definition) is 4. The van der Waals surface area contributed by atoms with Crippen molar-refractivity contribution in [2.45, 2.75) is 6.92 Å². The summed E-state index contributed by atoms with van der Waals surface area (Å²) in [6.07, 6.45) is 6.51. The van der Waals surface area contributed by atoms with Crippen LogP contribution in [0.25, 0.3) is 0 Å². The van der Waals surface area contributed by atoms with Gasteiger partial charge in [-0.15, -0.1) is 6.42 Å².